The van der Waals surface area contributed by atoms with E-state index in [4.69, 9.17) is 0 Å². The highest BCUT2D eigenvalue weighted by molar-refractivity contribution is 5.98. The molecular formula is C20H25N3O. The fraction of sp³-hybridized carbons (Fsp3) is 0.500. The van der Waals surface area contributed by atoms with Crippen LogP contribution in [0.15, 0.2) is 24.3 Å². The van der Waals surface area contributed by atoms with E-state index >= 15 is 0 Å². The SMILES string of the molecule is CC(C)(C)c1ccc(-c2n[nH]c(C3CC3)c2NC(=O)C2CC2)cc1. The van der Waals surface area contributed by atoms with E-state index in [2.05, 4.69) is 60.6 Å². The van der Waals surface area contributed by atoms with Crippen LogP contribution in [0.1, 0.15) is 63.6 Å². The monoisotopic (exact) mass is 323 g/mol. The summed E-state index contributed by atoms with van der Waals surface area (Å²) in [6.07, 6.45) is 4.38. The molecule has 0 aliphatic heterocycles. The molecule has 2 aliphatic rings. The second-order valence-corrected chi connectivity index (χ2v) is 8.23. The van der Waals surface area contributed by atoms with Gasteiger partial charge in [-0.25, -0.2) is 0 Å². The van der Waals surface area contributed by atoms with Gasteiger partial charge in [0.05, 0.1) is 11.4 Å². The number of hydrogen-bond acceptors (Lipinski definition) is 2. The highest BCUT2D eigenvalue weighted by Crippen LogP contribution is 2.45. The third-order valence-corrected chi connectivity index (χ3v) is 5.00. The Morgan fingerprint density at radius 1 is 1.12 bits per heavy atom. The van der Waals surface area contributed by atoms with Crippen molar-refractivity contribution >= 4 is 11.6 Å². The molecule has 126 valence electrons. The van der Waals surface area contributed by atoms with Crippen LogP contribution in [0.3, 0.4) is 0 Å². The first-order chi connectivity index (χ1) is 11.4. The molecule has 1 aromatic carbocycles. The van der Waals surface area contributed by atoms with Gasteiger partial charge in [-0.1, -0.05) is 45.0 Å². The molecule has 0 radical (unpaired) electrons. The van der Waals surface area contributed by atoms with Crippen LogP contribution in [-0.4, -0.2) is 16.1 Å². The van der Waals surface area contributed by atoms with E-state index in [0.717, 1.165) is 35.5 Å². The van der Waals surface area contributed by atoms with Crippen molar-refractivity contribution in [3.63, 3.8) is 0 Å². The third-order valence-electron chi connectivity index (χ3n) is 5.00. The second kappa shape index (κ2) is 5.47. The van der Waals surface area contributed by atoms with Crippen LogP contribution in [-0.2, 0) is 10.2 Å². The number of anilines is 1. The Bertz CT molecular complexity index is 759. The molecule has 0 bridgehead atoms. The lowest BCUT2D eigenvalue weighted by Gasteiger charge is -2.19. The lowest BCUT2D eigenvalue weighted by molar-refractivity contribution is -0.117. The second-order valence-electron chi connectivity index (χ2n) is 8.23. The maximum atomic E-state index is 12.3. The van der Waals surface area contributed by atoms with Gasteiger partial charge in [0.1, 0.15) is 5.69 Å². The fourth-order valence-electron chi connectivity index (χ4n) is 3.06. The lowest BCUT2D eigenvalue weighted by atomic mass is 9.86. The summed E-state index contributed by atoms with van der Waals surface area (Å²) in [5.74, 6) is 0.864. The quantitative estimate of drug-likeness (QED) is 0.864. The van der Waals surface area contributed by atoms with E-state index in [1.807, 2.05) is 0 Å². The van der Waals surface area contributed by atoms with Gasteiger partial charge in [0.15, 0.2) is 0 Å². The number of aromatic nitrogens is 2. The molecule has 1 heterocycles. The molecule has 2 aliphatic carbocycles. The zero-order valence-corrected chi connectivity index (χ0v) is 14.6. The molecule has 0 spiro atoms. The zero-order chi connectivity index (χ0) is 16.9. The van der Waals surface area contributed by atoms with Crippen LogP contribution < -0.4 is 5.32 Å². The van der Waals surface area contributed by atoms with Crippen molar-refractivity contribution < 1.29 is 4.79 Å². The summed E-state index contributed by atoms with van der Waals surface area (Å²) in [4.78, 5) is 12.3. The highest BCUT2D eigenvalue weighted by atomic mass is 16.2. The van der Waals surface area contributed by atoms with Crippen LogP contribution in [0.2, 0.25) is 0 Å². The summed E-state index contributed by atoms with van der Waals surface area (Å²) >= 11 is 0. The first-order valence-electron chi connectivity index (χ1n) is 8.93. The summed E-state index contributed by atoms with van der Waals surface area (Å²) in [5.41, 5.74) is 5.35. The van der Waals surface area contributed by atoms with E-state index in [9.17, 15) is 4.79 Å². The predicted octanol–water partition coefficient (Wildman–Crippen LogP) is 4.60. The Morgan fingerprint density at radius 2 is 1.79 bits per heavy atom. The van der Waals surface area contributed by atoms with Gasteiger partial charge in [-0.2, -0.15) is 5.10 Å². The molecule has 4 rings (SSSR count). The fourth-order valence-corrected chi connectivity index (χ4v) is 3.06. The van der Waals surface area contributed by atoms with Crippen LogP contribution in [0.25, 0.3) is 11.3 Å². The van der Waals surface area contributed by atoms with Crippen molar-refractivity contribution in [3.8, 4) is 11.3 Å². The largest absolute Gasteiger partial charge is 0.322 e. The molecule has 0 unspecified atom stereocenters. The molecule has 2 fully saturated rings. The van der Waals surface area contributed by atoms with Gasteiger partial charge >= 0.3 is 0 Å². The Hall–Kier alpha value is -2.10. The Labute approximate surface area is 143 Å². The molecule has 2 aromatic rings. The predicted molar refractivity (Wildman–Crippen MR) is 96.1 cm³/mol. The molecule has 0 saturated heterocycles. The van der Waals surface area contributed by atoms with E-state index < -0.39 is 0 Å². The van der Waals surface area contributed by atoms with Crippen LogP contribution >= 0.6 is 0 Å². The minimum absolute atomic E-state index is 0.131. The van der Waals surface area contributed by atoms with Gasteiger partial charge in [0, 0.05) is 17.4 Å². The molecule has 4 heteroatoms. The van der Waals surface area contributed by atoms with Crippen LogP contribution in [0.4, 0.5) is 5.69 Å². The van der Waals surface area contributed by atoms with Gasteiger partial charge in [-0.05, 0) is 36.7 Å². The average Bonchev–Trinajstić information content (AvgIpc) is 3.44. The molecular weight excluding hydrogens is 298 g/mol. The summed E-state index contributed by atoms with van der Waals surface area (Å²) in [5, 5.41) is 10.9. The number of rotatable bonds is 4. The number of nitrogens with zero attached hydrogens (tertiary/aromatic N) is 1. The third kappa shape index (κ3) is 2.97. The number of nitrogens with one attached hydrogen (secondary N) is 2. The first kappa shape index (κ1) is 15.4. The van der Waals surface area contributed by atoms with Crippen molar-refractivity contribution in [2.24, 2.45) is 5.92 Å². The highest BCUT2D eigenvalue weighted by Gasteiger charge is 2.34. The molecule has 24 heavy (non-hydrogen) atoms. The Balaban J connectivity index is 1.67. The zero-order valence-electron chi connectivity index (χ0n) is 14.6. The molecule has 2 N–H and O–H groups in total. The molecule has 4 nitrogen and oxygen atoms in total. The number of aromatic amines is 1. The minimum Gasteiger partial charge on any atom is -0.322 e. The number of amides is 1. The van der Waals surface area contributed by atoms with Gasteiger partial charge < -0.3 is 5.32 Å². The molecule has 1 amide bonds. The van der Waals surface area contributed by atoms with Crippen molar-refractivity contribution in [1.29, 1.82) is 0 Å². The van der Waals surface area contributed by atoms with Crippen molar-refractivity contribution in [3.05, 3.63) is 35.5 Å². The number of benzene rings is 1. The molecule has 0 atom stereocenters. The summed E-state index contributed by atoms with van der Waals surface area (Å²) in [6, 6.07) is 8.54. The normalized spacial score (nSPS) is 17.8. The lowest BCUT2D eigenvalue weighted by Crippen LogP contribution is -2.14. The van der Waals surface area contributed by atoms with Crippen molar-refractivity contribution in [1.82, 2.24) is 10.2 Å². The van der Waals surface area contributed by atoms with Crippen molar-refractivity contribution in [2.45, 2.75) is 57.8 Å². The van der Waals surface area contributed by atoms with Crippen molar-refractivity contribution in [2.75, 3.05) is 5.32 Å². The van der Waals surface area contributed by atoms with Crippen LogP contribution in [0.5, 0.6) is 0 Å². The standard InChI is InChI=1S/C20H25N3O/c1-20(2,3)15-10-8-13(9-11-15)17-18(21-19(24)14-6-7-14)16(22-23-17)12-4-5-12/h8-12,14H,4-7H2,1-3H3,(H,21,24)(H,22,23). The maximum absolute atomic E-state index is 12.3. The topological polar surface area (TPSA) is 57.8 Å². The first-order valence-corrected chi connectivity index (χ1v) is 8.93. The van der Waals surface area contributed by atoms with E-state index in [-0.39, 0.29) is 17.2 Å². The van der Waals surface area contributed by atoms with Gasteiger partial charge in [0.25, 0.3) is 0 Å². The van der Waals surface area contributed by atoms with E-state index in [0.29, 0.717) is 5.92 Å². The summed E-state index contributed by atoms with van der Waals surface area (Å²) < 4.78 is 0. The van der Waals surface area contributed by atoms with Gasteiger partial charge in [0.2, 0.25) is 5.91 Å². The minimum atomic E-state index is 0.131. The van der Waals surface area contributed by atoms with Gasteiger partial charge in [-0.3, -0.25) is 9.89 Å². The molecule has 1 aromatic heterocycles. The van der Waals surface area contributed by atoms with E-state index in [1.54, 1.807) is 0 Å². The number of carbonyl (C=O) groups excluding carboxylic acids is 1. The number of hydrogen-bond donors (Lipinski definition) is 2. The number of H-pyrrole nitrogens is 1. The van der Waals surface area contributed by atoms with E-state index in [1.165, 1.54) is 18.4 Å². The Morgan fingerprint density at radius 3 is 2.33 bits per heavy atom. The summed E-state index contributed by atoms with van der Waals surface area (Å²) in [6.45, 7) is 6.63. The summed E-state index contributed by atoms with van der Waals surface area (Å²) in [7, 11) is 0. The van der Waals surface area contributed by atoms with Crippen LogP contribution in [0, 0.1) is 5.92 Å². The Kier molecular flexibility index (Phi) is 3.52. The maximum Gasteiger partial charge on any atom is 0.227 e. The average molecular weight is 323 g/mol. The smallest absolute Gasteiger partial charge is 0.227 e. The molecule has 2 saturated carbocycles. The number of carbonyl (C=O) groups is 1. The van der Waals surface area contributed by atoms with Gasteiger partial charge in [-0.15, -0.1) is 0 Å².